The summed E-state index contributed by atoms with van der Waals surface area (Å²) in [5.41, 5.74) is 0. The number of phosphoric ester groups is 1. The van der Waals surface area contributed by atoms with E-state index in [2.05, 4.69) is 74.6 Å². The van der Waals surface area contributed by atoms with Crippen molar-refractivity contribution in [3.05, 3.63) is 60.8 Å². The zero-order chi connectivity index (χ0) is 57.0. The van der Waals surface area contributed by atoms with Gasteiger partial charge < -0.3 is 27.9 Å². The number of allylic oxidation sites excluding steroid dienone is 10. The van der Waals surface area contributed by atoms with E-state index in [9.17, 15) is 19.0 Å². The van der Waals surface area contributed by atoms with Crippen LogP contribution in [0.5, 0.6) is 0 Å². The van der Waals surface area contributed by atoms with Gasteiger partial charge in [0.05, 0.1) is 27.7 Å². The van der Waals surface area contributed by atoms with Crippen LogP contribution < -0.4 is 4.89 Å². The molecule has 456 valence electrons. The molecule has 0 radical (unpaired) electrons. The molecule has 2 unspecified atom stereocenters. The third-order valence-electron chi connectivity index (χ3n) is 14.6. The number of carbonyl (C=O) groups excluding carboxylic acids is 2. The summed E-state index contributed by atoms with van der Waals surface area (Å²) in [7, 11) is 1.15. The molecule has 78 heavy (non-hydrogen) atoms. The molecule has 10 heteroatoms. The van der Waals surface area contributed by atoms with Gasteiger partial charge in [-0.25, -0.2) is 0 Å². The van der Waals surface area contributed by atoms with Crippen molar-refractivity contribution in [2.24, 2.45) is 0 Å². The summed E-state index contributed by atoms with van der Waals surface area (Å²) in [5.74, 6) is -0.862. The van der Waals surface area contributed by atoms with Crippen molar-refractivity contribution >= 4 is 19.8 Å². The van der Waals surface area contributed by atoms with E-state index in [0.717, 1.165) is 70.6 Å². The van der Waals surface area contributed by atoms with E-state index in [1.165, 1.54) is 205 Å². The summed E-state index contributed by atoms with van der Waals surface area (Å²) in [4.78, 5) is 37.9. The largest absolute Gasteiger partial charge is 0.756 e. The van der Waals surface area contributed by atoms with E-state index >= 15 is 0 Å². The maximum absolute atomic E-state index is 12.8. The molecule has 0 bridgehead atoms. The van der Waals surface area contributed by atoms with Gasteiger partial charge in [-0.1, -0.05) is 299 Å². The Morgan fingerprint density at radius 3 is 1.09 bits per heavy atom. The second kappa shape index (κ2) is 59.3. The zero-order valence-electron chi connectivity index (χ0n) is 51.9. The summed E-state index contributed by atoms with van der Waals surface area (Å²) in [5, 5.41) is 0. The lowest BCUT2D eigenvalue weighted by molar-refractivity contribution is -0.870. The van der Waals surface area contributed by atoms with E-state index in [0.29, 0.717) is 17.4 Å². The van der Waals surface area contributed by atoms with E-state index in [4.69, 9.17) is 18.5 Å². The molecule has 0 rings (SSSR count). The smallest absolute Gasteiger partial charge is 0.306 e. The number of quaternary nitrogens is 1. The van der Waals surface area contributed by atoms with E-state index in [-0.39, 0.29) is 32.0 Å². The Morgan fingerprint density at radius 2 is 0.731 bits per heavy atom. The van der Waals surface area contributed by atoms with Crippen LogP contribution in [0.1, 0.15) is 309 Å². The van der Waals surface area contributed by atoms with Crippen molar-refractivity contribution in [3.8, 4) is 0 Å². The van der Waals surface area contributed by atoms with Gasteiger partial charge in [-0.2, -0.15) is 0 Å². The van der Waals surface area contributed by atoms with Crippen LogP contribution >= 0.6 is 7.82 Å². The predicted molar refractivity (Wildman–Crippen MR) is 333 cm³/mol. The van der Waals surface area contributed by atoms with Gasteiger partial charge in [0, 0.05) is 12.8 Å². The molecule has 2 atom stereocenters. The molecule has 9 nitrogen and oxygen atoms in total. The molecule has 0 heterocycles. The number of hydrogen-bond acceptors (Lipinski definition) is 8. The highest BCUT2D eigenvalue weighted by molar-refractivity contribution is 7.45. The molecule has 0 spiro atoms. The van der Waals surface area contributed by atoms with Gasteiger partial charge in [0.15, 0.2) is 6.10 Å². The molecule has 0 fully saturated rings. The van der Waals surface area contributed by atoms with Crippen LogP contribution in [0.15, 0.2) is 60.8 Å². The van der Waals surface area contributed by atoms with Gasteiger partial charge in [0.2, 0.25) is 0 Å². The molecule has 0 amide bonds. The second-order valence-electron chi connectivity index (χ2n) is 23.5. The number of ether oxygens (including phenoxy) is 2. The van der Waals surface area contributed by atoms with Crippen molar-refractivity contribution < 1.29 is 42.1 Å². The van der Waals surface area contributed by atoms with Gasteiger partial charge >= 0.3 is 11.9 Å². The van der Waals surface area contributed by atoms with Crippen LogP contribution in [0.2, 0.25) is 0 Å². The molecular formula is C68H126NO8P. The monoisotopic (exact) mass is 1120 g/mol. The van der Waals surface area contributed by atoms with E-state index in [1.54, 1.807) is 0 Å². The molecule has 0 aliphatic rings. The average molecular weight is 1120 g/mol. The molecule has 0 aliphatic heterocycles. The SMILES string of the molecule is CC/C=C\C/C=C\C/C=C\C/C=C\C/C=C\CCCCCC(=O)OC(COC(=O)CCCCCCCCCCCCCCCCCCCCCCCCCCCCCCCCCCCCC)COP(=O)([O-])OCC[N+](C)(C)C. The summed E-state index contributed by atoms with van der Waals surface area (Å²) in [6.45, 7) is 4.12. The summed E-state index contributed by atoms with van der Waals surface area (Å²) >= 11 is 0. The highest BCUT2D eigenvalue weighted by atomic mass is 31.2. The Balaban J connectivity index is 3.98. The van der Waals surface area contributed by atoms with Crippen molar-refractivity contribution in [2.45, 2.75) is 315 Å². The second-order valence-corrected chi connectivity index (χ2v) is 24.9. The van der Waals surface area contributed by atoms with Crippen LogP contribution in [-0.4, -0.2) is 70.0 Å². The first-order valence-corrected chi connectivity index (χ1v) is 34.5. The van der Waals surface area contributed by atoms with Gasteiger partial charge in [-0.3, -0.25) is 14.2 Å². The van der Waals surface area contributed by atoms with Crippen molar-refractivity contribution in [1.82, 2.24) is 0 Å². The highest BCUT2D eigenvalue weighted by Gasteiger charge is 2.22. The molecule has 0 aliphatic carbocycles. The molecule has 0 saturated carbocycles. The first-order chi connectivity index (χ1) is 38.0. The summed E-state index contributed by atoms with van der Waals surface area (Å²) < 4.78 is 34.2. The number of rotatable bonds is 61. The predicted octanol–water partition coefficient (Wildman–Crippen LogP) is 20.4. The molecule has 0 aromatic rings. The maximum atomic E-state index is 12.8. The summed E-state index contributed by atoms with van der Waals surface area (Å²) in [6, 6.07) is 0. The number of esters is 2. The van der Waals surface area contributed by atoms with Gasteiger partial charge in [0.25, 0.3) is 7.82 Å². The number of carbonyl (C=O) groups is 2. The van der Waals surface area contributed by atoms with Gasteiger partial charge in [-0.15, -0.1) is 0 Å². The number of likely N-dealkylation sites (N-methyl/N-ethyl adjacent to an activating group) is 1. The first kappa shape index (κ1) is 75.7. The van der Waals surface area contributed by atoms with Crippen LogP contribution in [0.3, 0.4) is 0 Å². The normalized spacial score (nSPS) is 13.6. The highest BCUT2D eigenvalue weighted by Crippen LogP contribution is 2.38. The Hall–Kier alpha value is -2.29. The van der Waals surface area contributed by atoms with Crippen molar-refractivity contribution in [1.29, 1.82) is 0 Å². The lowest BCUT2D eigenvalue weighted by Gasteiger charge is -2.28. The first-order valence-electron chi connectivity index (χ1n) is 33.0. The Morgan fingerprint density at radius 1 is 0.410 bits per heavy atom. The Bertz CT molecular complexity index is 1500. The van der Waals surface area contributed by atoms with Crippen LogP contribution in [0.4, 0.5) is 0 Å². The van der Waals surface area contributed by atoms with Crippen molar-refractivity contribution in [3.63, 3.8) is 0 Å². The summed E-state index contributed by atoms with van der Waals surface area (Å²) in [6.07, 6.45) is 77.5. The topological polar surface area (TPSA) is 111 Å². The number of nitrogens with zero attached hydrogens (tertiary/aromatic N) is 1. The fourth-order valence-electron chi connectivity index (χ4n) is 9.51. The van der Waals surface area contributed by atoms with E-state index < -0.39 is 26.5 Å². The molecule has 0 saturated heterocycles. The standard InChI is InChI=1S/C68H126NO8P/c1-6-8-10-12-14-16-18-20-22-24-26-27-28-29-30-31-32-33-34-35-36-37-38-39-40-41-43-44-46-48-50-52-54-56-58-60-67(70)74-64-66(65-76-78(72,73)75-63-62-69(3,4)5)77-68(71)61-59-57-55-53-51-49-47-45-42-25-23-21-19-17-15-13-11-9-7-2/h9,11,15,17,21,23,42,45,49,51,66H,6-8,10,12-14,16,18-20,22,24-41,43-44,46-48,50,52-65H2,1-5H3/b11-9-,17-15-,23-21-,45-42-,51-49-. The Labute approximate surface area is 483 Å². The minimum Gasteiger partial charge on any atom is -0.756 e. The van der Waals surface area contributed by atoms with Crippen LogP contribution in [-0.2, 0) is 32.7 Å². The van der Waals surface area contributed by atoms with Gasteiger partial charge in [0.1, 0.15) is 19.8 Å². The fraction of sp³-hybridized carbons (Fsp3) is 0.824. The molecular weight excluding hydrogens is 990 g/mol. The molecule has 0 aromatic carbocycles. The number of unbranched alkanes of at least 4 members (excludes halogenated alkanes) is 37. The van der Waals surface area contributed by atoms with Crippen LogP contribution in [0.25, 0.3) is 0 Å². The van der Waals surface area contributed by atoms with Crippen LogP contribution in [0, 0.1) is 0 Å². The zero-order valence-corrected chi connectivity index (χ0v) is 52.8. The molecule has 0 N–H and O–H groups in total. The lowest BCUT2D eigenvalue weighted by Crippen LogP contribution is -2.37. The van der Waals surface area contributed by atoms with Gasteiger partial charge in [-0.05, 0) is 57.8 Å². The third-order valence-corrected chi connectivity index (χ3v) is 15.5. The third kappa shape index (κ3) is 62.9. The maximum Gasteiger partial charge on any atom is 0.306 e. The fourth-order valence-corrected chi connectivity index (χ4v) is 10.2. The quantitative estimate of drug-likeness (QED) is 0.0195. The molecule has 0 aromatic heterocycles. The lowest BCUT2D eigenvalue weighted by atomic mass is 10.0. The minimum absolute atomic E-state index is 0.0386. The Kier molecular flexibility index (Phi) is 57.6. The van der Waals surface area contributed by atoms with E-state index in [1.807, 2.05) is 21.1 Å². The number of phosphoric acid groups is 1. The number of hydrogen-bond donors (Lipinski definition) is 0. The minimum atomic E-state index is -4.65. The van der Waals surface area contributed by atoms with Crippen molar-refractivity contribution in [2.75, 3.05) is 47.5 Å². The average Bonchev–Trinajstić information content (AvgIpc) is 3.41.